The van der Waals surface area contributed by atoms with Gasteiger partial charge in [-0.1, -0.05) is 12.1 Å². The van der Waals surface area contributed by atoms with Crippen LogP contribution in [-0.2, 0) is 9.47 Å². The summed E-state index contributed by atoms with van der Waals surface area (Å²) in [6.07, 6.45) is -0.333. The molecule has 9 nitrogen and oxygen atoms in total. The van der Waals surface area contributed by atoms with Gasteiger partial charge in [-0.25, -0.2) is 4.79 Å². The molecule has 1 aromatic carbocycles. The first kappa shape index (κ1) is 20.2. The lowest BCUT2D eigenvalue weighted by atomic mass is 9.92. The molecule has 2 fully saturated rings. The van der Waals surface area contributed by atoms with Gasteiger partial charge in [-0.2, -0.15) is 0 Å². The number of hydrogen-bond donors (Lipinski definition) is 2. The van der Waals surface area contributed by atoms with Crippen molar-refractivity contribution >= 4 is 17.6 Å². The number of amides is 1. The molecule has 3 N–H and O–H groups in total. The molecule has 2 saturated heterocycles. The Hall–Kier alpha value is -3.07. The second-order valence-electron chi connectivity index (χ2n) is 8.81. The zero-order chi connectivity index (χ0) is 21.5. The molecule has 0 atom stereocenters. The number of para-hydroxylation sites is 1. The van der Waals surface area contributed by atoms with Crippen molar-refractivity contribution in [2.75, 3.05) is 43.4 Å². The number of nitrogen functional groups attached to an aromatic ring is 1. The molecule has 0 bridgehead atoms. The Labute approximate surface area is 175 Å². The number of nitrogens with zero attached hydrogens (tertiary/aromatic N) is 4. The van der Waals surface area contributed by atoms with E-state index < -0.39 is 11.2 Å². The summed E-state index contributed by atoms with van der Waals surface area (Å²) in [7, 11) is 0. The maximum Gasteiger partial charge on any atom is 0.410 e. The van der Waals surface area contributed by atoms with E-state index in [1.165, 1.54) is 0 Å². The summed E-state index contributed by atoms with van der Waals surface area (Å²) in [4.78, 5) is 16.0. The standard InChI is InChI=1S/C21H27N5O4/c1-20(2,3)30-19(28)26-12-21(13-26)11-25(8-9-29-21)16-10-15(23-24-18(16)22)14-6-4-5-7-17(14)27/h4-7,10,27H,8-9,11-13H2,1-3H3,(H2,22,24). The molecule has 0 radical (unpaired) electrons. The first-order valence-corrected chi connectivity index (χ1v) is 9.94. The van der Waals surface area contributed by atoms with Crippen LogP contribution in [0.3, 0.4) is 0 Å². The second-order valence-corrected chi connectivity index (χ2v) is 8.81. The zero-order valence-corrected chi connectivity index (χ0v) is 17.5. The average Bonchev–Trinajstić information content (AvgIpc) is 2.66. The van der Waals surface area contributed by atoms with Gasteiger partial charge >= 0.3 is 6.09 Å². The molecular weight excluding hydrogens is 386 g/mol. The smallest absolute Gasteiger partial charge is 0.410 e. The quantitative estimate of drug-likeness (QED) is 0.771. The molecule has 160 valence electrons. The summed E-state index contributed by atoms with van der Waals surface area (Å²) in [6.45, 7) is 8.19. The third-order valence-electron chi connectivity index (χ3n) is 5.18. The van der Waals surface area contributed by atoms with E-state index in [1.54, 1.807) is 23.1 Å². The third kappa shape index (κ3) is 3.97. The summed E-state index contributed by atoms with van der Waals surface area (Å²) in [5.41, 5.74) is 7.01. The average molecular weight is 413 g/mol. The lowest BCUT2D eigenvalue weighted by Crippen LogP contribution is -2.71. The van der Waals surface area contributed by atoms with Crippen molar-refractivity contribution in [2.45, 2.75) is 32.0 Å². The van der Waals surface area contributed by atoms with Crippen LogP contribution in [0, 0.1) is 0 Å². The van der Waals surface area contributed by atoms with E-state index in [1.807, 2.05) is 32.9 Å². The first-order chi connectivity index (χ1) is 14.2. The second kappa shape index (κ2) is 7.32. The number of ether oxygens (including phenoxy) is 2. The molecule has 1 spiro atoms. The van der Waals surface area contributed by atoms with Crippen LogP contribution in [0.2, 0.25) is 0 Å². The zero-order valence-electron chi connectivity index (χ0n) is 17.5. The van der Waals surface area contributed by atoms with Gasteiger partial charge in [-0.15, -0.1) is 10.2 Å². The van der Waals surface area contributed by atoms with Crippen LogP contribution >= 0.6 is 0 Å². The highest BCUT2D eigenvalue weighted by molar-refractivity contribution is 5.74. The lowest BCUT2D eigenvalue weighted by Gasteiger charge is -2.53. The normalized spacial score (nSPS) is 18.2. The lowest BCUT2D eigenvalue weighted by molar-refractivity contribution is -0.144. The number of rotatable bonds is 2. The number of phenols is 1. The van der Waals surface area contributed by atoms with Gasteiger partial charge < -0.3 is 30.1 Å². The number of aromatic nitrogens is 2. The molecule has 0 aliphatic carbocycles. The fourth-order valence-electron chi connectivity index (χ4n) is 3.81. The van der Waals surface area contributed by atoms with Crippen LogP contribution in [0.15, 0.2) is 30.3 Å². The van der Waals surface area contributed by atoms with E-state index in [0.29, 0.717) is 49.9 Å². The highest BCUT2D eigenvalue weighted by atomic mass is 16.6. The van der Waals surface area contributed by atoms with E-state index in [-0.39, 0.29) is 11.8 Å². The predicted octanol–water partition coefficient (Wildman–Crippen LogP) is 2.26. The Morgan fingerprint density at radius 2 is 1.97 bits per heavy atom. The minimum absolute atomic E-state index is 0.132. The largest absolute Gasteiger partial charge is 0.507 e. The highest BCUT2D eigenvalue weighted by Gasteiger charge is 2.50. The third-order valence-corrected chi connectivity index (χ3v) is 5.18. The fourth-order valence-corrected chi connectivity index (χ4v) is 3.81. The number of aromatic hydroxyl groups is 1. The van der Waals surface area contributed by atoms with Gasteiger partial charge in [0.2, 0.25) is 0 Å². The van der Waals surface area contributed by atoms with E-state index in [9.17, 15) is 9.90 Å². The number of carbonyl (C=O) groups is 1. The van der Waals surface area contributed by atoms with Gasteiger partial charge in [0.15, 0.2) is 5.82 Å². The number of phenolic OH excluding ortho intramolecular Hbond substituents is 1. The molecule has 2 aliphatic heterocycles. The van der Waals surface area contributed by atoms with Crippen LogP contribution < -0.4 is 10.6 Å². The van der Waals surface area contributed by atoms with Gasteiger partial charge in [0, 0.05) is 12.1 Å². The van der Waals surface area contributed by atoms with Gasteiger partial charge in [-0.05, 0) is 39.0 Å². The summed E-state index contributed by atoms with van der Waals surface area (Å²) in [5.74, 6) is 0.447. The first-order valence-electron chi connectivity index (χ1n) is 9.94. The SMILES string of the molecule is CC(C)(C)OC(=O)N1CC2(C1)CN(c1cc(-c3ccccc3O)nnc1N)CCO2. The van der Waals surface area contributed by atoms with E-state index in [2.05, 4.69) is 15.1 Å². The van der Waals surface area contributed by atoms with Crippen molar-refractivity contribution < 1.29 is 19.4 Å². The number of carbonyl (C=O) groups excluding carboxylic acids is 1. The Bertz CT molecular complexity index is 953. The highest BCUT2D eigenvalue weighted by Crippen LogP contribution is 2.36. The Kier molecular flexibility index (Phi) is 4.93. The predicted molar refractivity (Wildman–Crippen MR) is 112 cm³/mol. The summed E-state index contributed by atoms with van der Waals surface area (Å²) in [6, 6.07) is 8.81. The van der Waals surface area contributed by atoms with Gasteiger partial charge in [0.1, 0.15) is 17.0 Å². The maximum atomic E-state index is 12.3. The summed E-state index contributed by atoms with van der Waals surface area (Å²) < 4.78 is 11.5. The van der Waals surface area contributed by atoms with Crippen LogP contribution in [0.5, 0.6) is 5.75 Å². The van der Waals surface area contributed by atoms with E-state index in [0.717, 1.165) is 5.69 Å². The van der Waals surface area contributed by atoms with Crippen molar-refractivity contribution in [3.8, 4) is 17.0 Å². The van der Waals surface area contributed by atoms with Crippen LogP contribution in [0.25, 0.3) is 11.3 Å². The van der Waals surface area contributed by atoms with Crippen molar-refractivity contribution in [1.29, 1.82) is 0 Å². The van der Waals surface area contributed by atoms with Gasteiger partial charge in [0.05, 0.1) is 37.6 Å². The molecule has 30 heavy (non-hydrogen) atoms. The summed E-state index contributed by atoms with van der Waals surface area (Å²) >= 11 is 0. The molecule has 1 aromatic heterocycles. The van der Waals surface area contributed by atoms with Crippen molar-refractivity contribution in [2.24, 2.45) is 0 Å². The van der Waals surface area contributed by atoms with Gasteiger partial charge in [0.25, 0.3) is 0 Å². The van der Waals surface area contributed by atoms with Crippen LogP contribution in [0.4, 0.5) is 16.3 Å². The fraction of sp³-hybridized carbons (Fsp3) is 0.476. The molecule has 2 aliphatic rings. The number of anilines is 2. The molecule has 9 heteroatoms. The van der Waals surface area contributed by atoms with Crippen LogP contribution in [0.1, 0.15) is 20.8 Å². The number of morpholine rings is 1. The van der Waals surface area contributed by atoms with Gasteiger partial charge in [-0.3, -0.25) is 0 Å². The maximum absolute atomic E-state index is 12.3. The minimum Gasteiger partial charge on any atom is -0.507 e. The Morgan fingerprint density at radius 3 is 2.67 bits per heavy atom. The molecule has 4 rings (SSSR count). The minimum atomic E-state index is -0.532. The van der Waals surface area contributed by atoms with E-state index >= 15 is 0 Å². The topological polar surface area (TPSA) is 114 Å². The Balaban J connectivity index is 1.50. The molecular formula is C21H27N5O4. The molecule has 0 unspecified atom stereocenters. The summed E-state index contributed by atoms with van der Waals surface area (Å²) in [5, 5.41) is 18.4. The monoisotopic (exact) mass is 413 g/mol. The molecule has 2 aromatic rings. The number of likely N-dealkylation sites (tertiary alicyclic amines) is 1. The molecule has 1 amide bonds. The Morgan fingerprint density at radius 1 is 1.23 bits per heavy atom. The van der Waals surface area contributed by atoms with Crippen molar-refractivity contribution in [3.63, 3.8) is 0 Å². The molecule has 3 heterocycles. The van der Waals surface area contributed by atoms with E-state index in [4.69, 9.17) is 15.2 Å². The number of benzene rings is 1. The molecule has 0 saturated carbocycles. The number of nitrogens with two attached hydrogens (primary N) is 1. The number of hydrogen-bond acceptors (Lipinski definition) is 8. The van der Waals surface area contributed by atoms with Crippen molar-refractivity contribution in [1.82, 2.24) is 15.1 Å². The van der Waals surface area contributed by atoms with Crippen molar-refractivity contribution in [3.05, 3.63) is 30.3 Å². The van der Waals surface area contributed by atoms with Crippen LogP contribution in [-0.4, -0.2) is 70.3 Å².